The molecule has 0 aliphatic rings. The predicted molar refractivity (Wildman–Crippen MR) is 70.8 cm³/mol. The highest BCUT2D eigenvalue weighted by atomic mass is 79.9. The lowest BCUT2D eigenvalue weighted by atomic mass is 10.3. The Morgan fingerprint density at radius 2 is 2.31 bits per heavy atom. The largest absolute Gasteiger partial charge is 0.324 e. The zero-order valence-corrected chi connectivity index (χ0v) is 10.9. The van der Waals surface area contributed by atoms with E-state index in [0.29, 0.717) is 21.7 Å². The van der Waals surface area contributed by atoms with Crippen LogP contribution in [0.5, 0.6) is 0 Å². The molecule has 0 spiro atoms. The number of halogens is 2. The Labute approximate surface area is 108 Å². The van der Waals surface area contributed by atoms with Crippen LogP contribution in [-0.4, -0.2) is 19.0 Å². The maximum absolute atomic E-state index is 11.5. The van der Waals surface area contributed by atoms with Gasteiger partial charge in [0.05, 0.1) is 21.7 Å². The summed E-state index contributed by atoms with van der Waals surface area (Å²) in [5, 5.41) is 6.22. The van der Waals surface area contributed by atoms with Gasteiger partial charge in [0, 0.05) is 6.54 Å². The van der Waals surface area contributed by atoms with Crippen molar-refractivity contribution in [3.63, 3.8) is 0 Å². The molecule has 86 valence electrons. The van der Waals surface area contributed by atoms with Crippen molar-refractivity contribution in [1.82, 2.24) is 5.32 Å². The van der Waals surface area contributed by atoms with Crippen LogP contribution in [0.15, 0.2) is 35.3 Å². The summed E-state index contributed by atoms with van der Waals surface area (Å²) in [5.41, 5.74) is 0.665. The quantitative estimate of drug-likeness (QED) is 0.649. The van der Waals surface area contributed by atoms with Crippen LogP contribution < -0.4 is 10.6 Å². The molecule has 0 saturated heterocycles. The van der Waals surface area contributed by atoms with Crippen molar-refractivity contribution in [2.24, 2.45) is 0 Å². The topological polar surface area (TPSA) is 41.1 Å². The zero-order valence-electron chi connectivity index (χ0n) is 8.59. The monoisotopic (exact) mass is 302 g/mol. The van der Waals surface area contributed by atoms with Crippen LogP contribution >= 0.6 is 27.5 Å². The molecule has 3 nitrogen and oxygen atoms in total. The first kappa shape index (κ1) is 13.2. The lowest BCUT2D eigenvalue weighted by Gasteiger charge is -2.08. The van der Waals surface area contributed by atoms with E-state index in [2.05, 4.69) is 33.1 Å². The van der Waals surface area contributed by atoms with Gasteiger partial charge in [0.15, 0.2) is 0 Å². The third kappa shape index (κ3) is 3.96. The van der Waals surface area contributed by atoms with E-state index in [1.807, 2.05) is 0 Å². The number of benzene rings is 1. The van der Waals surface area contributed by atoms with E-state index in [9.17, 15) is 4.79 Å². The molecule has 0 fully saturated rings. The predicted octanol–water partition coefficient (Wildman–Crippen LogP) is 2.82. The fourth-order valence-corrected chi connectivity index (χ4v) is 1.62. The molecular weight excluding hydrogens is 291 g/mol. The Hall–Kier alpha value is -0.840. The second-order valence-corrected chi connectivity index (χ2v) is 4.27. The van der Waals surface area contributed by atoms with E-state index >= 15 is 0 Å². The molecule has 2 N–H and O–H groups in total. The fourth-order valence-electron chi connectivity index (χ4n) is 1.08. The molecule has 1 amide bonds. The minimum atomic E-state index is -0.121. The average Bonchev–Trinajstić information content (AvgIpc) is 2.25. The molecule has 0 atom stereocenters. The van der Waals surface area contributed by atoms with Crippen LogP contribution in [0.25, 0.3) is 0 Å². The standard InChI is InChI=1S/C11H12BrClN2O/c1-2-6-14-7-10(16)15-9-5-3-4-8(13)11(9)12/h2-5,14H,1,6-7H2,(H,15,16). The van der Waals surface area contributed by atoms with Gasteiger partial charge in [-0.3, -0.25) is 4.79 Å². The van der Waals surface area contributed by atoms with Gasteiger partial charge < -0.3 is 10.6 Å². The molecular formula is C11H12BrClN2O. The second-order valence-electron chi connectivity index (χ2n) is 3.07. The second kappa shape index (κ2) is 6.68. The maximum atomic E-state index is 11.5. The third-order valence-electron chi connectivity index (χ3n) is 1.80. The number of nitrogens with one attached hydrogen (secondary N) is 2. The van der Waals surface area contributed by atoms with Crippen molar-refractivity contribution >= 4 is 39.1 Å². The smallest absolute Gasteiger partial charge is 0.238 e. The highest BCUT2D eigenvalue weighted by molar-refractivity contribution is 9.10. The summed E-state index contributed by atoms with van der Waals surface area (Å²) < 4.78 is 0.689. The number of anilines is 1. The Kier molecular flexibility index (Phi) is 5.52. The van der Waals surface area contributed by atoms with Crippen molar-refractivity contribution in [3.05, 3.63) is 40.3 Å². The van der Waals surface area contributed by atoms with Crippen LogP contribution in [0.4, 0.5) is 5.69 Å². The molecule has 1 rings (SSSR count). The summed E-state index contributed by atoms with van der Waals surface area (Å²) in [5.74, 6) is -0.121. The SMILES string of the molecule is C=CCNCC(=O)Nc1cccc(Cl)c1Br. The van der Waals surface area contributed by atoms with E-state index < -0.39 is 0 Å². The molecule has 0 aliphatic heterocycles. The molecule has 5 heteroatoms. The van der Waals surface area contributed by atoms with Gasteiger partial charge in [0.1, 0.15) is 0 Å². The summed E-state index contributed by atoms with van der Waals surface area (Å²) in [6.45, 7) is 4.39. The summed E-state index contributed by atoms with van der Waals surface area (Å²) in [6.07, 6.45) is 1.70. The van der Waals surface area contributed by atoms with Gasteiger partial charge in [-0.15, -0.1) is 6.58 Å². The van der Waals surface area contributed by atoms with E-state index in [1.54, 1.807) is 24.3 Å². The van der Waals surface area contributed by atoms with Gasteiger partial charge in [0.2, 0.25) is 5.91 Å². The zero-order chi connectivity index (χ0) is 12.0. The average molecular weight is 304 g/mol. The van der Waals surface area contributed by atoms with Gasteiger partial charge in [-0.2, -0.15) is 0 Å². The van der Waals surface area contributed by atoms with Crippen LogP contribution in [0, 0.1) is 0 Å². The fraction of sp³-hybridized carbons (Fsp3) is 0.182. The van der Waals surface area contributed by atoms with Crippen molar-refractivity contribution in [3.8, 4) is 0 Å². The van der Waals surface area contributed by atoms with Gasteiger partial charge in [-0.1, -0.05) is 23.7 Å². The number of rotatable bonds is 5. The van der Waals surface area contributed by atoms with Crippen molar-refractivity contribution in [1.29, 1.82) is 0 Å². The minimum Gasteiger partial charge on any atom is -0.324 e. The number of hydrogen-bond acceptors (Lipinski definition) is 2. The van der Waals surface area contributed by atoms with Crippen molar-refractivity contribution in [2.75, 3.05) is 18.4 Å². The molecule has 0 bridgehead atoms. The number of amides is 1. The summed E-state index contributed by atoms with van der Waals surface area (Å²) in [4.78, 5) is 11.5. The summed E-state index contributed by atoms with van der Waals surface area (Å²) >= 11 is 9.20. The van der Waals surface area contributed by atoms with Crippen LogP contribution in [0.2, 0.25) is 5.02 Å². The lowest BCUT2D eigenvalue weighted by Crippen LogP contribution is -2.28. The molecule has 0 unspecified atom stereocenters. The van der Waals surface area contributed by atoms with Crippen molar-refractivity contribution in [2.45, 2.75) is 0 Å². The van der Waals surface area contributed by atoms with E-state index in [1.165, 1.54) is 0 Å². The first-order chi connectivity index (χ1) is 7.65. The van der Waals surface area contributed by atoms with Gasteiger partial charge in [-0.25, -0.2) is 0 Å². The molecule has 1 aromatic carbocycles. The van der Waals surface area contributed by atoms with Gasteiger partial charge in [0.25, 0.3) is 0 Å². The van der Waals surface area contributed by atoms with Crippen LogP contribution in [0.1, 0.15) is 0 Å². The minimum absolute atomic E-state index is 0.121. The number of carbonyl (C=O) groups is 1. The number of hydrogen-bond donors (Lipinski definition) is 2. The molecule has 0 radical (unpaired) electrons. The van der Waals surface area contributed by atoms with Crippen LogP contribution in [-0.2, 0) is 4.79 Å². The van der Waals surface area contributed by atoms with E-state index in [0.717, 1.165) is 0 Å². The molecule has 0 heterocycles. The molecule has 0 aromatic heterocycles. The van der Waals surface area contributed by atoms with Crippen molar-refractivity contribution < 1.29 is 4.79 Å². The molecule has 0 saturated carbocycles. The Morgan fingerprint density at radius 3 is 3.00 bits per heavy atom. The van der Waals surface area contributed by atoms with Gasteiger partial charge >= 0.3 is 0 Å². The van der Waals surface area contributed by atoms with E-state index in [-0.39, 0.29) is 12.5 Å². The normalized spacial score (nSPS) is 9.88. The van der Waals surface area contributed by atoms with Crippen LogP contribution in [0.3, 0.4) is 0 Å². The Morgan fingerprint density at radius 1 is 1.56 bits per heavy atom. The Balaban J connectivity index is 2.56. The highest BCUT2D eigenvalue weighted by Crippen LogP contribution is 2.29. The summed E-state index contributed by atoms with van der Waals surface area (Å²) in [6, 6.07) is 5.30. The molecule has 0 aliphatic carbocycles. The third-order valence-corrected chi connectivity index (χ3v) is 3.20. The molecule has 16 heavy (non-hydrogen) atoms. The first-order valence-corrected chi connectivity index (χ1v) is 5.87. The maximum Gasteiger partial charge on any atom is 0.238 e. The summed E-state index contributed by atoms with van der Waals surface area (Å²) in [7, 11) is 0. The molecule has 1 aromatic rings. The first-order valence-electron chi connectivity index (χ1n) is 4.70. The number of carbonyl (C=O) groups excluding carboxylic acids is 1. The van der Waals surface area contributed by atoms with Gasteiger partial charge in [-0.05, 0) is 28.1 Å². The Bertz CT molecular complexity index is 396. The highest BCUT2D eigenvalue weighted by Gasteiger charge is 2.06. The van der Waals surface area contributed by atoms with E-state index in [4.69, 9.17) is 11.6 Å². The lowest BCUT2D eigenvalue weighted by molar-refractivity contribution is -0.115.